The Morgan fingerprint density at radius 2 is 2.00 bits per heavy atom. The van der Waals surface area contributed by atoms with Gasteiger partial charge in [-0.15, -0.1) is 11.8 Å². The molecule has 1 N–H and O–H groups in total. The topological polar surface area (TPSA) is 12.0 Å². The monoisotopic (exact) mass is 185 g/mol. The number of rotatable bonds is 1. The minimum atomic E-state index is 0.795. The van der Waals surface area contributed by atoms with Gasteiger partial charge in [0.05, 0.1) is 5.37 Å². The van der Waals surface area contributed by atoms with Gasteiger partial charge in [-0.05, 0) is 37.0 Å². The molecule has 1 saturated carbocycles. The van der Waals surface area contributed by atoms with Crippen LogP contribution >= 0.6 is 11.8 Å². The van der Waals surface area contributed by atoms with Crippen LogP contribution < -0.4 is 5.32 Å². The number of hydrogen-bond donors (Lipinski definition) is 1. The molecule has 1 heterocycles. The zero-order valence-electron chi connectivity index (χ0n) is 7.88. The maximum absolute atomic E-state index is 3.67. The Morgan fingerprint density at radius 1 is 1.25 bits per heavy atom. The average molecular weight is 185 g/mol. The van der Waals surface area contributed by atoms with Crippen molar-refractivity contribution in [1.82, 2.24) is 5.32 Å². The first kappa shape index (κ1) is 8.89. The summed E-state index contributed by atoms with van der Waals surface area (Å²) in [7, 11) is 0. The molecule has 1 aliphatic carbocycles. The standard InChI is InChI=1S/C10H19NS/c1-8-6-11-10(12-7-8)9-4-2-3-5-9/h8-11H,2-7H2,1H3. The SMILES string of the molecule is CC1CNC(C2CCCC2)SC1. The quantitative estimate of drug-likeness (QED) is 0.673. The molecule has 0 spiro atoms. The third-order valence-corrected chi connectivity index (χ3v) is 4.73. The van der Waals surface area contributed by atoms with E-state index < -0.39 is 0 Å². The van der Waals surface area contributed by atoms with E-state index in [9.17, 15) is 0 Å². The van der Waals surface area contributed by atoms with Gasteiger partial charge in [-0.1, -0.05) is 19.8 Å². The summed E-state index contributed by atoms with van der Waals surface area (Å²) in [4.78, 5) is 0. The largest absolute Gasteiger partial charge is 0.305 e. The van der Waals surface area contributed by atoms with Crippen molar-refractivity contribution in [3.8, 4) is 0 Å². The fraction of sp³-hybridized carbons (Fsp3) is 1.00. The van der Waals surface area contributed by atoms with Crippen LogP contribution in [0.2, 0.25) is 0 Å². The summed E-state index contributed by atoms with van der Waals surface area (Å²) in [5.74, 6) is 3.24. The fourth-order valence-electron chi connectivity index (χ4n) is 2.27. The minimum absolute atomic E-state index is 0.795. The van der Waals surface area contributed by atoms with E-state index in [0.29, 0.717) is 0 Å². The second-order valence-electron chi connectivity index (χ2n) is 4.31. The van der Waals surface area contributed by atoms with Crippen molar-refractivity contribution in [1.29, 1.82) is 0 Å². The molecule has 1 aliphatic heterocycles. The number of nitrogens with one attached hydrogen (secondary N) is 1. The molecule has 2 heteroatoms. The van der Waals surface area contributed by atoms with Crippen molar-refractivity contribution in [3.63, 3.8) is 0 Å². The molecule has 0 amide bonds. The third kappa shape index (κ3) is 1.97. The highest BCUT2D eigenvalue weighted by atomic mass is 32.2. The second-order valence-corrected chi connectivity index (χ2v) is 5.49. The summed E-state index contributed by atoms with van der Waals surface area (Å²) in [5, 5.41) is 4.47. The summed E-state index contributed by atoms with van der Waals surface area (Å²) in [6, 6.07) is 0. The molecule has 1 nitrogen and oxygen atoms in total. The lowest BCUT2D eigenvalue weighted by molar-refractivity contribution is 0.416. The molecular weight excluding hydrogens is 166 g/mol. The Balaban J connectivity index is 1.80. The van der Waals surface area contributed by atoms with Gasteiger partial charge in [0.15, 0.2) is 0 Å². The molecular formula is C10H19NS. The Morgan fingerprint density at radius 3 is 2.58 bits per heavy atom. The lowest BCUT2D eigenvalue weighted by Gasteiger charge is -2.31. The van der Waals surface area contributed by atoms with E-state index >= 15 is 0 Å². The highest BCUT2D eigenvalue weighted by molar-refractivity contribution is 7.99. The van der Waals surface area contributed by atoms with E-state index in [2.05, 4.69) is 24.0 Å². The van der Waals surface area contributed by atoms with Crippen LogP contribution in [-0.4, -0.2) is 17.7 Å². The highest BCUT2D eigenvalue weighted by Gasteiger charge is 2.27. The van der Waals surface area contributed by atoms with Gasteiger partial charge >= 0.3 is 0 Å². The van der Waals surface area contributed by atoms with Gasteiger partial charge in [0.2, 0.25) is 0 Å². The van der Waals surface area contributed by atoms with Gasteiger partial charge in [0.25, 0.3) is 0 Å². The van der Waals surface area contributed by atoms with Crippen molar-refractivity contribution in [2.75, 3.05) is 12.3 Å². The van der Waals surface area contributed by atoms with Gasteiger partial charge in [-0.2, -0.15) is 0 Å². The van der Waals surface area contributed by atoms with Crippen molar-refractivity contribution >= 4 is 11.8 Å². The van der Waals surface area contributed by atoms with Gasteiger partial charge in [0, 0.05) is 0 Å². The van der Waals surface area contributed by atoms with Crippen LogP contribution in [0.5, 0.6) is 0 Å². The summed E-state index contributed by atoms with van der Waals surface area (Å²) in [6.07, 6.45) is 5.88. The van der Waals surface area contributed by atoms with E-state index in [1.165, 1.54) is 38.0 Å². The maximum Gasteiger partial charge on any atom is 0.0560 e. The number of hydrogen-bond acceptors (Lipinski definition) is 2. The van der Waals surface area contributed by atoms with Crippen molar-refractivity contribution in [2.24, 2.45) is 11.8 Å². The Kier molecular flexibility index (Phi) is 2.97. The molecule has 0 bridgehead atoms. The predicted octanol–water partition coefficient (Wildman–Crippen LogP) is 2.48. The molecule has 2 rings (SSSR count). The molecule has 2 unspecified atom stereocenters. The molecule has 2 atom stereocenters. The van der Waals surface area contributed by atoms with Gasteiger partial charge in [0.1, 0.15) is 0 Å². The summed E-state index contributed by atoms with van der Waals surface area (Å²) < 4.78 is 0. The smallest absolute Gasteiger partial charge is 0.0560 e. The lowest BCUT2D eigenvalue weighted by Crippen LogP contribution is -2.40. The minimum Gasteiger partial charge on any atom is -0.305 e. The molecule has 2 fully saturated rings. The highest BCUT2D eigenvalue weighted by Crippen LogP contribution is 2.34. The molecule has 70 valence electrons. The fourth-order valence-corrected chi connectivity index (χ4v) is 3.68. The first-order chi connectivity index (χ1) is 5.86. The summed E-state index contributed by atoms with van der Waals surface area (Å²) in [5.41, 5.74) is 0. The van der Waals surface area contributed by atoms with E-state index in [1.54, 1.807) is 0 Å². The molecule has 12 heavy (non-hydrogen) atoms. The van der Waals surface area contributed by atoms with Gasteiger partial charge in [-0.3, -0.25) is 0 Å². The van der Waals surface area contributed by atoms with E-state index in [0.717, 1.165) is 17.2 Å². The van der Waals surface area contributed by atoms with Crippen LogP contribution in [0, 0.1) is 11.8 Å². The number of thioether (sulfide) groups is 1. The van der Waals surface area contributed by atoms with Crippen molar-refractivity contribution in [2.45, 2.75) is 38.0 Å². The first-order valence-electron chi connectivity index (χ1n) is 5.21. The molecule has 0 radical (unpaired) electrons. The van der Waals surface area contributed by atoms with Crippen LogP contribution in [0.3, 0.4) is 0 Å². The molecule has 0 aromatic rings. The Labute approximate surface area is 79.7 Å². The van der Waals surface area contributed by atoms with E-state index in [-0.39, 0.29) is 0 Å². The van der Waals surface area contributed by atoms with Crippen molar-refractivity contribution in [3.05, 3.63) is 0 Å². The van der Waals surface area contributed by atoms with E-state index in [1.807, 2.05) is 0 Å². The Bertz CT molecular complexity index is 135. The third-order valence-electron chi connectivity index (χ3n) is 3.06. The first-order valence-corrected chi connectivity index (χ1v) is 6.26. The zero-order chi connectivity index (χ0) is 8.39. The van der Waals surface area contributed by atoms with Crippen LogP contribution in [-0.2, 0) is 0 Å². The van der Waals surface area contributed by atoms with Gasteiger partial charge < -0.3 is 5.32 Å². The normalized spacial score (nSPS) is 38.8. The second kappa shape index (κ2) is 4.01. The lowest BCUT2D eigenvalue weighted by atomic mass is 10.1. The van der Waals surface area contributed by atoms with Crippen LogP contribution in [0.25, 0.3) is 0 Å². The molecule has 0 aromatic carbocycles. The molecule has 0 aromatic heterocycles. The molecule has 1 saturated heterocycles. The summed E-state index contributed by atoms with van der Waals surface area (Å²) >= 11 is 2.16. The van der Waals surface area contributed by atoms with Crippen LogP contribution in [0.1, 0.15) is 32.6 Å². The Hall–Kier alpha value is 0.310. The maximum atomic E-state index is 3.67. The van der Waals surface area contributed by atoms with Crippen LogP contribution in [0.4, 0.5) is 0 Å². The van der Waals surface area contributed by atoms with E-state index in [4.69, 9.17) is 0 Å². The molecule has 2 aliphatic rings. The van der Waals surface area contributed by atoms with Crippen LogP contribution in [0.15, 0.2) is 0 Å². The predicted molar refractivity (Wildman–Crippen MR) is 55.4 cm³/mol. The van der Waals surface area contributed by atoms with Gasteiger partial charge in [-0.25, -0.2) is 0 Å². The summed E-state index contributed by atoms with van der Waals surface area (Å²) in [6.45, 7) is 3.58. The average Bonchev–Trinajstić information content (AvgIpc) is 2.58. The zero-order valence-corrected chi connectivity index (χ0v) is 8.70. The van der Waals surface area contributed by atoms with Crippen molar-refractivity contribution < 1.29 is 0 Å².